The molecule has 150 valence electrons. The normalized spacial score (nSPS) is 10.6. The smallest absolute Gasteiger partial charge is 0.296 e. The number of rotatable bonds is 7. The van der Waals surface area contributed by atoms with Crippen molar-refractivity contribution in [2.75, 3.05) is 18.2 Å². The second-order valence-corrected chi connectivity index (χ2v) is 7.27. The summed E-state index contributed by atoms with van der Waals surface area (Å²) in [4.78, 5) is 27.4. The Balaban J connectivity index is 1.70. The van der Waals surface area contributed by atoms with Crippen LogP contribution in [0.2, 0.25) is 0 Å². The number of thioether (sulfide) groups is 1. The molecule has 8 nitrogen and oxygen atoms in total. The van der Waals surface area contributed by atoms with Gasteiger partial charge in [-0.05, 0) is 49.2 Å². The van der Waals surface area contributed by atoms with Gasteiger partial charge in [-0.15, -0.1) is 0 Å². The van der Waals surface area contributed by atoms with Gasteiger partial charge in [0.25, 0.3) is 5.69 Å². The van der Waals surface area contributed by atoms with Crippen LogP contribution in [0.3, 0.4) is 0 Å². The Labute approximate surface area is 172 Å². The molecular weight excluding hydrogens is 392 g/mol. The molecule has 1 heterocycles. The van der Waals surface area contributed by atoms with Crippen LogP contribution in [-0.2, 0) is 4.79 Å². The molecule has 0 unspecified atom stereocenters. The maximum absolute atomic E-state index is 12.4. The first-order valence-electron chi connectivity index (χ1n) is 8.75. The van der Waals surface area contributed by atoms with E-state index >= 15 is 0 Å². The topological polar surface area (TPSA) is 99.3 Å². The van der Waals surface area contributed by atoms with Crippen LogP contribution in [-0.4, -0.2) is 33.2 Å². The fourth-order valence-corrected chi connectivity index (χ4v) is 3.45. The number of carbonyl (C=O) groups is 1. The number of nitro groups is 1. The molecule has 2 aromatic carbocycles. The molecule has 1 amide bonds. The monoisotopic (exact) mass is 412 g/mol. The van der Waals surface area contributed by atoms with Crippen molar-refractivity contribution in [3.8, 4) is 11.4 Å². The Morgan fingerprint density at radius 1 is 1.24 bits per heavy atom. The molecule has 1 aromatic heterocycles. The number of hydrogen-bond donors (Lipinski definition) is 1. The molecule has 0 saturated heterocycles. The van der Waals surface area contributed by atoms with Gasteiger partial charge in [0, 0.05) is 18.1 Å². The van der Waals surface area contributed by atoms with E-state index < -0.39 is 4.92 Å². The largest absolute Gasteiger partial charge is 0.496 e. The van der Waals surface area contributed by atoms with Crippen LogP contribution in [0.25, 0.3) is 5.69 Å². The van der Waals surface area contributed by atoms with Gasteiger partial charge in [0.2, 0.25) is 5.91 Å². The molecule has 0 aliphatic heterocycles. The Morgan fingerprint density at radius 2 is 2.03 bits per heavy atom. The third kappa shape index (κ3) is 4.75. The second kappa shape index (κ2) is 8.78. The average molecular weight is 412 g/mol. The Kier molecular flexibility index (Phi) is 6.18. The SMILES string of the molecule is COc1ccc(NC(=O)CSc2nccn2-c2ccc(C)c(C)c2)c([N+](=O)[O-])c1. The lowest BCUT2D eigenvalue weighted by Crippen LogP contribution is -2.15. The van der Waals surface area contributed by atoms with E-state index in [9.17, 15) is 14.9 Å². The number of anilines is 1. The van der Waals surface area contributed by atoms with Crippen LogP contribution < -0.4 is 10.1 Å². The summed E-state index contributed by atoms with van der Waals surface area (Å²) in [6, 6.07) is 10.4. The number of ether oxygens (including phenoxy) is 1. The van der Waals surface area contributed by atoms with Gasteiger partial charge in [0.1, 0.15) is 11.4 Å². The molecule has 29 heavy (non-hydrogen) atoms. The minimum absolute atomic E-state index is 0.0606. The first-order valence-corrected chi connectivity index (χ1v) is 9.73. The zero-order valence-electron chi connectivity index (χ0n) is 16.2. The summed E-state index contributed by atoms with van der Waals surface area (Å²) in [7, 11) is 1.42. The van der Waals surface area contributed by atoms with E-state index in [0.29, 0.717) is 10.9 Å². The number of imidazole rings is 1. The van der Waals surface area contributed by atoms with Crippen LogP contribution in [0.5, 0.6) is 5.75 Å². The highest BCUT2D eigenvalue weighted by atomic mass is 32.2. The van der Waals surface area contributed by atoms with Gasteiger partial charge in [0.05, 0.1) is 23.9 Å². The number of nitrogens with zero attached hydrogens (tertiary/aromatic N) is 3. The summed E-state index contributed by atoms with van der Waals surface area (Å²) >= 11 is 1.25. The first-order chi connectivity index (χ1) is 13.9. The second-order valence-electron chi connectivity index (χ2n) is 6.33. The number of carbonyl (C=O) groups excluding carboxylic acids is 1. The van der Waals surface area contributed by atoms with E-state index in [1.165, 1.54) is 36.6 Å². The van der Waals surface area contributed by atoms with Crippen LogP contribution in [0.15, 0.2) is 53.9 Å². The number of aryl methyl sites for hydroxylation is 2. The molecule has 1 N–H and O–H groups in total. The third-order valence-electron chi connectivity index (χ3n) is 4.38. The molecule has 9 heteroatoms. The Bertz CT molecular complexity index is 1060. The number of nitro benzene ring substituents is 1. The van der Waals surface area contributed by atoms with Crippen LogP contribution in [0, 0.1) is 24.0 Å². The van der Waals surface area contributed by atoms with Crippen molar-refractivity contribution >= 4 is 29.0 Å². The van der Waals surface area contributed by atoms with E-state index in [-0.39, 0.29) is 23.0 Å². The van der Waals surface area contributed by atoms with Crippen molar-refractivity contribution in [1.82, 2.24) is 9.55 Å². The molecule has 0 fully saturated rings. The summed E-state index contributed by atoms with van der Waals surface area (Å²) < 4.78 is 6.90. The van der Waals surface area contributed by atoms with E-state index in [0.717, 1.165) is 11.3 Å². The van der Waals surface area contributed by atoms with E-state index in [2.05, 4.69) is 16.4 Å². The van der Waals surface area contributed by atoms with Crippen molar-refractivity contribution in [2.24, 2.45) is 0 Å². The molecule has 3 aromatic rings. The maximum Gasteiger partial charge on any atom is 0.296 e. The van der Waals surface area contributed by atoms with Gasteiger partial charge >= 0.3 is 0 Å². The molecule has 0 aliphatic carbocycles. The first kappa shape index (κ1) is 20.4. The van der Waals surface area contributed by atoms with Crippen molar-refractivity contribution < 1.29 is 14.5 Å². The maximum atomic E-state index is 12.4. The van der Waals surface area contributed by atoms with Crippen molar-refractivity contribution in [3.63, 3.8) is 0 Å². The predicted molar refractivity (Wildman–Crippen MR) is 112 cm³/mol. The van der Waals surface area contributed by atoms with E-state index in [1.807, 2.05) is 36.7 Å². The molecule has 3 rings (SSSR count). The molecule has 0 radical (unpaired) electrons. The Hall–Kier alpha value is -3.33. The summed E-state index contributed by atoms with van der Waals surface area (Å²) in [5.74, 6) is 0.0443. The highest BCUT2D eigenvalue weighted by Gasteiger charge is 2.18. The molecule has 0 saturated carbocycles. The lowest BCUT2D eigenvalue weighted by Gasteiger charge is -2.10. The van der Waals surface area contributed by atoms with E-state index in [1.54, 1.807) is 12.3 Å². The van der Waals surface area contributed by atoms with Gasteiger partial charge in [-0.3, -0.25) is 19.5 Å². The zero-order chi connectivity index (χ0) is 21.0. The highest BCUT2D eigenvalue weighted by molar-refractivity contribution is 7.99. The number of methoxy groups -OCH3 is 1. The van der Waals surface area contributed by atoms with Gasteiger partial charge < -0.3 is 10.1 Å². The Morgan fingerprint density at radius 3 is 2.72 bits per heavy atom. The van der Waals surface area contributed by atoms with Gasteiger partial charge in [-0.25, -0.2) is 4.98 Å². The molecule has 0 atom stereocenters. The minimum Gasteiger partial charge on any atom is -0.496 e. The van der Waals surface area contributed by atoms with Crippen molar-refractivity contribution in [2.45, 2.75) is 19.0 Å². The number of aromatic nitrogens is 2. The summed E-state index contributed by atoms with van der Waals surface area (Å²) in [5, 5.41) is 14.5. The van der Waals surface area contributed by atoms with Crippen LogP contribution in [0.4, 0.5) is 11.4 Å². The van der Waals surface area contributed by atoms with Crippen molar-refractivity contribution in [3.05, 3.63) is 70.0 Å². The lowest BCUT2D eigenvalue weighted by molar-refractivity contribution is -0.384. The summed E-state index contributed by atoms with van der Waals surface area (Å²) in [5.41, 5.74) is 3.22. The van der Waals surface area contributed by atoms with E-state index in [4.69, 9.17) is 4.74 Å². The number of amides is 1. The third-order valence-corrected chi connectivity index (χ3v) is 5.35. The zero-order valence-corrected chi connectivity index (χ0v) is 17.0. The molecule has 0 bridgehead atoms. The molecule has 0 spiro atoms. The van der Waals surface area contributed by atoms with Gasteiger partial charge in [-0.2, -0.15) is 0 Å². The quantitative estimate of drug-likeness (QED) is 0.356. The lowest BCUT2D eigenvalue weighted by atomic mass is 10.1. The van der Waals surface area contributed by atoms with Crippen molar-refractivity contribution in [1.29, 1.82) is 0 Å². The minimum atomic E-state index is -0.558. The summed E-state index contributed by atoms with van der Waals surface area (Å²) in [6.07, 6.45) is 3.50. The van der Waals surface area contributed by atoms with Crippen LogP contribution in [0.1, 0.15) is 11.1 Å². The fraction of sp³-hybridized carbons (Fsp3) is 0.200. The number of benzene rings is 2. The molecule has 0 aliphatic rings. The fourth-order valence-electron chi connectivity index (χ4n) is 2.68. The van der Waals surface area contributed by atoms with Crippen LogP contribution >= 0.6 is 11.8 Å². The standard InChI is InChI=1S/C20H20N4O4S/c1-13-4-5-15(10-14(13)2)23-9-8-21-20(23)29-12-19(25)22-17-7-6-16(28-3)11-18(17)24(26)27/h4-11H,12H2,1-3H3,(H,22,25). The molecular formula is C20H20N4O4S. The summed E-state index contributed by atoms with van der Waals surface area (Å²) in [6.45, 7) is 4.09. The van der Waals surface area contributed by atoms with Gasteiger partial charge in [-0.1, -0.05) is 17.8 Å². The number of hydrogen-bond acceptors (Lipinski definition) is 6. The predicted octanol–water partition coefficient (Wildman–Crippen LogP) is 4.14. The number of nitrogens with one attached hydrogen (secondary N) is 1. The van der Waals surface area contributed by atoms with Gasteiger partial charge in [0.15, 0.2) is 5.16 Å². The highest BCUT2D eigenvalue weighted by Crippen LogP contribution is 2.29. The average Bonchev–Trinajstić information content (AvgIpc) is 3.17.